The van der Waals surface area contributed by atoms with E-state index in [0.29, 0.717) is 19.8 Å². The minimum absolute atomic E-state index is 0.119. The molecule has 0 aliphatic carbocycles. The average molecular weight is 410 g/mol. The Hall–Kier alpha value is -2.73. The van der Waals surface area contributed by atoms with Gasteiger partial charge >= 0.3 is 0 Å². The molecule has 2 aliphatic heterocycles. The molecule has 160 valence electrons. The number of para-hydroxylation sites is 1. The molecule has 2 heterocycles. The van der Waals surface area contributed by atoms with Gasteiger partial charge in [0.25, 0.3) is 0 Å². The number of anilines is 1. The van der Waals surface area contributed by atoms with Crippen LogP contribution in [0.25, 0.3) is 0 Å². The maximum atomic E-state index is 13.1. The van der Waals surface area contributed by atoms with Gasteiger partial charge in [0.1, 0.15) is 13.2 Å². The molecule has 0 N–H and O–H groups in total. The summed E-state index contributed by atoms with van der Waals surface area (Å²) in [4.78, 5) is 19.4. The van der Waals surface area contributed by atoms with E-state index in [4.69, 9.17) is 9.47 Å². The zero-order valence-electron chi connectivity index (χ0n) is 17.9. The van der Waals surface area contributed by atoms with Crippen LogP contribution in [-0.2, 0) is 4.79 Å². The molecule has 0 bridgehead atoms. The Bertz CT molecular complexity index is 858. The molecule has 2 aromatic carbocycles. The molecular formula is C24H31N3O3. The van der Waals surface area contributed by atoms with Crippen LogP contribution in [0.5, 0.6) is 11.5 Å². The fraction of sp³-hybridized carbons (Fsp3) is 0.458. The molecule has 2 aliphatic rings. The van der Waals surface area contributed by atoms with E-state index < -0.39 is 0 Å². The maximum absolute atomic E-state index is 13.1. The molecule has 1 unspecified atom stereocenters. The van der Waals surface area contributed by atoms with Crippen molar-refractivity contribution in [2.75, 3.05) is 58.4 Å². The van der Waals surface area contributed by atoms with E-state index in [0.717, 1.165) is 49.5 Å². The van der Waals surface area contributed by atoms with Crippen molar-refractivity contribution < 1.29 is 14.3 Å². The lowest BCUT2D eigenvalue weighted by atomic mass is 10.0. The summed E-state index contributed by atoms with van der Waals surface area (Å²) >= 11 is 0. The number of hydrogen-bond acceptors (Lipinski definition) is 5. The van der Waals surface area contributed by atoms with Gasteiger partial charge in [-0.15, -0.1) is 0 Å². The van der Waals surface area contributed by atoms with Crippen LogP contribution in [0.15, 0.2) is 48.5 Å². The predicted octanol–water partition coefficient (Wildman–Crippen LogP) is 3.19. The van der Waals surface area contributed by atoms with Crippen molar-refractivity contribution in [1.29, 1.82) is 0 Å². The lowest BCUT2D eigenvalue weighted by Crippen LogP contribution is -2.40. The Morgan fingerprint density at radius 1 is 1.03 bits per heavy atom. The van der Waals surface area contributed by atoms with E-state index in [9.17, 15) is 4.79 Å². The summed E-state index contributed by atoms with van der Waals surface area (Å²) in [5.74, 6) is 1.78. The van der Waals surface area contributed by atoms with Gasteiger partial charge in [-0.2, -0.15) is 0 Å². The van der Waals surface area contributed by atoms with Crippen molar-refractivity contribution in [3.63, 3.8) is 0 Å². The quantitative estimate of drug-likeness (QED) is 0.703. The van der Waals surface area contributed by atoms with Crippen molar-refractivity contribution in [2.45, 2.75) is 18.9 Å². The number of likely N-dealkylation sites (tertiary alicyclic amines) is 1. The van der Waals surface area contributed by atoms with Gasteiger partial charge in [0.15, 0.2) is 11.5 Å². The second kappa shape index (κ2) is 9.39. The number of hydrogen-bond donors (Lipinski definition) is 0. The summed E-state index contributed by atoms with van der Waals surface area (Å²) in [6, 6.07) is 16.5. The zero-order chi connectivity index (χ0) is 20.9. The lowest BCUT2D eigenvalue weighted by Gasteiger charge is -2.29. The lowest BCUT2D eigenvalue weighted by molar-refractivity contribution is -0.133. The number of benzene rings is 2. The van der Waals surface area contributed by atoms with Crippen LogP contribution in [0.4, 0.5) is 5.69 Å². The highest BCUT2D eigenvalue weighted by atomic mass is 16.6. The third-order valence-corrected chi connectivity index (χ3v) is 5.94. The molecule has 6 nitrogen and oxygen atoms in total. The molecule has 1 saturated heterocycles. The highest BCUT2D eigenvalue weighted by Crippen LogP contribution is 2.38. The molecule has 1 amide bonds. The molecule has 0 saturated carbocycles. The highest BCUT2D eigenvalue weighted by molar-refractivity contribution is 5.79. The molecule has 30 heavy (non-hydrogen) atoms. The highest BCUT2D eigenvalue weighted by Gasteiger charge is 2.31. The topological polar surface area (TPSA) is 45.2 Å². The largest absolute Gasteiger partial charge is 0.486 e. The van der Waals surface area contributed by atoms with Gasteiger partial charge in [-0.3, -0.25) is 9.69 Å². The number of fused-ring (bicyclic) bond motifs is 1. The van der Waals surface area contributed by atoms with Crippen LogP contribution in [-0.4, -0.2) is 69.2 Å². The monoisotopic (exact) mass is 409 g/mol. The molecular weight excluding hydrogens is 378 g/mol. The minimum atomic E-state index is 0.119. The first-order valence-corrected chi connectivity index (χ1v) is 10.8. The molecule has 6 heteroatoms. The standard InChI is InChI=1S/C24H31N3O3/c1-25(13-14-26(2)20-7-4-3-5-8-20)18-24(28)27-12-6-9-21(27)19-10-11-22-23(17-19)30-16-15-29-22/h3-5,7-8,10-11,17,21H,6,9,12-16,18H2,1-2H3. The van der Waals surface area contributed by atoms with Crippen LogP contribution in [0.2, 0.25) is 0 Å². The molecule has 0 aromatic heterocycles. The normalized spacial score (nSPS) is 18.0. The first-order valence-electron chi connectivity index (χ1n) is 10.8. The molecule has 0 radical (unpaired) electrons. The zero-order valence-corrected chi connectivity index (χ0v) is 17.9. The summed E-state index contributed by atoms with van der Waals surface area (Å²) in [6.07, 6.45) is 2.02. The molecule has 2 aromatic rings. The predicted molar refractivity (Wildman–Crippen MR) is 118 cm³/mol. The molecule has 4 rings (SSSR count). The molecule has 0 spiro atoms. The number of rotatable bonds is 7. The smallest absolute Gasteiger partial charge is 0.237 e. The third kappa shape index (κ3) is 4.70. The van der Waals surface area contributed by atoms with Gasteiger partial charge in [-0.05, 0) is 49.7 Å². The van der Waals surface area contributed by atoms with Gasteiger partial charge in [-0.25, -0.2) is 0 Å². The number of nitrogens with zero attached hydrogens (tertiary/aromatic N) is 3. The van der Waals surface area contributed by atoms with Gasteiger partial charge < -0.3 is 19.3 Å². The number of likely N-dealkylation sites (N-methyl/N-ethyl adjacent to an activating group) is 2. The first kappa shape index (κ1) is 20.5. The number of carbonyl (C=O) groups excluding carboxylic acids is 1. The van der Waals surface area contributed by atoms with Crippen molar-refractivity contribution in [3.8, 4) is 11.5 Å². The Kier molecular flexibility index (Phi) is 6.43. The molecule has 1 atom stereocenters. The number of carbonyl (C=O) groups is 1. The Morgan fingerprint density at radius 2 is 1.80 bits per heavy atom. The minimum Gasteiger partial charge on any atom is -0.486 e. The van der Waals surface area contributed by atoms with E-state index >= 15 is 0 Å². The summed E-state index contributed by atoms with van der Waals surface area (Å²) in [5, 5.41) is 0. The van der Waals surface area contributed by atoms with Crippen LogP contribution < -0.4 is 14.4 Å². The first-order chi connectivity index (χ1) is 14.6. The van der Waals surface area contributed by atoms with E-state index in [1.165, 1.54) is 5.69 Å². The summed E-state index contributed by atoms with van der Waals surface area (Å²) in [6.45, 7) is 4.12. The van der Waals surface area contributed by atoms with E-state index in [2.05, 4.69) is 35.0 Å². The maximum Gasteiger partial charge on any atom is 0.237 e. The number of ether oxygens (including phenoxy) is 2. The Morgan fingerprint density at radius 3 is 2.60 bits per heavy atom. The average Bonchev–Trinajstić information content (AvgIpc) is 3.28. The summed E-state index contributed by atoms with van der Waals surface area (Å²) in [5.41, 5.74) is 2.33. The third-order valence-electron chi connectivity index (χ3n) is 5.94. The van der Waals surface area contributed by atoms with Crippen LogP contribution in [0, 0.1) is 0 Å². The van der Waals surface area contributed by atoms with Gasteiger partial charge in [0.2, 0.25) is 5.91 Å². The van der Waals surface area contributed by atoms with Gasteiger partial charge in [0.05, 0.1) is 12.6 Å². The number of amides is 1. The van der Waals surface area contributed by atoms with Crippen molar-refractivity contribution in [1.82, 2.24) is 9.80 Å². The van der Waals surface area contributed by atoms with Crippen LogP contribution in [0.3, 0.4) is 0 Å². The van der Waals surface area contributed by atoms with Crippen LogP contribution >= 0.6 is 0 Å². The summed E-state index contributed by atoms with van der Waals surface area (Å²) < 4.78 is 11.4. The SMILES string of the molecule is CN(CCN(C)c1ccccc1)CC(=O)N1CCCC1c1ccc2c(c1)OCCO2. The van der Waals surface area contributed by atoms with E-state index in [-0.39, 0.29) is 11.9 Å². The second-order valence-corrected chi connectivity index (χ2v) is 8.14. The fourth-order valence-electron chi connectivity index (χ4n) is 4.21. The van der Waals surface area contributed by atoms with Crippen molar-refractivity contribution in [2.24, 2.45) is 0 Å². The van der Waals surface area contributed by atoms with Gasteiger partial charge in [0, 0.05) is 32.4 Å². The van der Waals surface area contributed by atoms with Crippen LogP contribution in [0.1, 0.15) is 24.4 Å². The fourth-order valence-corrected chi connectivity index (χ4v) is 4.21. The van der Waals surface area contributed by atoms with Gasteiger partial charge in [-0.1, -0.05) is 24.3 Å². The second-order valence-electron chi connectivity index (χ2n) is 8.14. The molecule has 1 fully saturated rings. The van der Waals surface area contributed by atoms with Crippen molar-refractivity contribution >= 4 is 11.6 Å². The van der Waals surface area contributed by atoms with Crippen molar-refractivity contribution in [3.05, 3.63) is 54.1 Å². The Balaban J connectivity index is 1.33. The Labute approximate surface area is 179 Å². The van der Waals surface area contributed by atoms with E-state index in [1.54, 1.807) is 0 Å². The van der Waals surface area contributed by atoms with E-state index in [1.807, 2.05) is 42.3 Å². The summed E-state index contributed by atoms with van der Waals surface area (Å²) in [7, 11) is 4.11.